The van der Waals surface area contributed by atoms with Gasteiger partial charge in [0.15, 0.2) is 0 Å². The van der Waals surface area contributed by atoms with E-state index >= 15 is 0 Å². The first-order valence-electron chi connectivity index (χ1n) is 11.4. The minimum Gasteiger partial charge on any atom is -0.379 e. The molecule has 2 aliphatic heterocycles. The quantitative estimate of drug-likeness (QED) is 0.574. The Kier molecular flexibility index (Phi) is 9.03. The van der Waals surface area contributed by atoms with Crippen molar-refractivity contribution in [1.29, 1.82) is 0 Å². The average Bonchev–Trinajstić information content (AvgIpc) is 2.79. The number of nitrogens with one attached hydrogen (secondary N) is 2. The van der Waals surface area contributed by atoms with Crippen molar-refractivity contribution in [3.05, 3.63) is 24.3 Å². The van der Waals surface area contributed by atoms with E-state index in [1.807, 2.05) is 11.8 Å². The predicted octanol–water partition coefficient (Wildman–Crippen LogP) is 1.74. The number of rotatable bonds is 9. The molecule has 0 atom stereocenters. The minimum absolute atomic E-state index is 0.0793. The number of hydrogen-bond donors (Lipinski definition) is 2. The predicted molar refractivity (Wildman–Crippen MR) is 124 cm³/mol. The zero-order valence-corrected chi connectivity index (χ0v) is 19.5. The summed E-state index contributed by atoms with van der Waals surface area (Å²) in [5, 5.41) is 5.77. The first-order valence-corrected chi connectivity index (χ1v) is 13.0. The van der Waals surface area contributed by atoms with Gasteiger partial charge in [-0.1, -0.05) is 13.3 Å². The molecule has 0 aliphatic carbocycles. The fraction of sp³-hybridized carbons (Fsp3) is 0.636. The molecule has 0 unspecified atom stereocenters. The van der Waals surface area contributed by atoms with Crippen LogP contribution in [0.3, 0.4) is 0 Å². The topological polar surface area (TPSA) is 108 Å². The van der Waals surface area contributed by atoms with Gasteiger partial charge < -0.3 is 15.4 Å². The molecule has 0 radical (unpaired) electrons. The second kappa shape index (κ2) is 11.7. The molecule has 178 valence electrons. The van der Waals surface area contributed by atoms with Crippen LogP contribution >= 0.6 is 0 Å². The van der Waals surface area contributed by atoms with Gasteiger partial charge in [-0.05, 0) is 43.5 Å². The Bertz CT molecular complexity index is 861. The van der Waals surface area contributed by atoms with Crippen LogP contribution in [-0.4, -0.2) is 81.1 Å². The molecule has 1 aromatic rings. The van der Waals surface area contributed by atoms with E-state index in [-0.39, 0.29) is 23.5 Å². The number of unbranched alkanes of at least 4 members (excludes halogenated alkanes) is 1. The molecular weight excluding hydrogens is 432 g/mol. The largest absolute Gasteiger partial charge is 0.379 e. The lowest BCUT2D eigenvalue weighted by molar-refractivity contribution is -0.121. The van der Waals surface area contributed by atoms with Crippen LogP contribution in [0, 0.1) is 5.92 Å². The lowest BCUT2D eigenvalue weighted by Crippen LogP contribution is -2.42. The molecule has 2 N–H and O–H groups in total. The number of carbonyl (C=O) groups excluding carboxylic acids is 2. The second-order valence-corrected chi connectivity index (χ2v) is 10.4. The summed E-state index contributed by atoms with van der Waals surface area (Å²) < 4.78 is 31.4. The number of anilines is 2. The third-order valence-electron chi connectivity index (χ3n) is 5.88. The van der Waals surface area contributed by atoms with E-state index < -0.39 is 10.0 Å². The van der Waals surface area contributed by atoms with Crippen molar-refractivity contribution in [1.82, 2.24) is 9.21 Å². The zero-order chi connectivity index (χ0) is 23.0. The Morgan fingerprint density at radius 1 is 1.00 bits per heavy atom. The summed E-state index contributed by atoms with van der Waals surface area (Å²) in [6, 6.07) is 7.03. The number of benzene rings is 1. The van der Waals surface area contributed by atoms with Crippen molar-refractivity contribution in [3.63, 3.8) is 0 Å². The summed E-state index contributed by atoms with van der Waals surface area (Å²) in [5.41, 5.74) is 1.33. The highest BCUT2D eigenvalue weighted by molar-refractivity contribution is 7.89. The van der Waals surface area contributed by atoms with Crippen LogP contribution in [0.2, 0.25) is 0 Å². The molecule has 0 saturated carbocycles. The number of hydrogen-bond acceptors (Lipinski definition) is 6. The third-order valence-corrected chi connectivity index (χ3v) is 7.84. The Morgan fingerprint density at radius 3 is 2.19 bits per heavy atom. The number of morpholine rings is 1. The lowest BCUT2D eigenvalue weighted by Gasteiger charge is -2.30. The molecule has 0 spiro atoms. The Hall–Kier alpha value is -2.01. The fourth-order valence-corrected chi connectivity index (χ4v) is 5.57. The highest BCUT2D eigenvalue weighted by Gasteiger charge is 2.30. The van der Waals surface area contributed by atoms with Gasteiger partial charge in [0.25, 0.3) is 0 Å². The molecule has 2 fully saturated rings. The molecule has 2 amide bonds. The number of piperidine rings is 1. The SMILES string of the molecule is CCCCS(=O)(=O)N1CCC(C(=O)Nc2ccc(NC(=O)CN3CCOCC3)cc2)CC1. The molecular formula is C22H34N4O5S. The Morgan fingerprint density at radius 2 is 1.59 bits per heavy atom. The smallest absolute Gasteiger partial charge is 0.238 e. The Balaban J connectivity index is 1.43. The van der Waals surface area contributed by atoms with Crippen molar-refractivity contribution in [2.24, 2.45) is 5.92 Å². The molecule has 10 heteroatoms. The summed E-state index contributed by atoms with van der Waals surface area (Å²) in [4.78, 5) is 26.9. The summed E-state index contributed by atoms with van der Waals surface area (Å²) in [7, 11) is -3.22. The highest BCUT2D eigenvalue weighted by Crippen LogP contribution is 2.23. The van der Waals surface area contributed by atoms with E-state index in [2.05, 4.69) is 10.6 Å². The van der Waals surface area contributed by atoms with Crippen LogP contribution in [-0.2, 0) is 24.3 Å². The molecule has 0 aromatic heterocycles. The number of ether oxygens (including phenoxy) is 1. The molecule has 1 aromatic carbocycles. The molecule has 32 heavy (non-hydrogen) atoms. The van der Waals surface area contributed by atoms with Crippen molar-refractivity contribution in [2.45, 2.75) is 32.6 Å². The van der Waals surface area contributed by atoms with Gasteiger partial charge in [-0.3, -0.25) is 14.5 Å². The van der Waals surface area contributed by atoms with E-state index in [1.165, 1.54) is 4.31 Å². The number of sulfonamides is 1. The Labute approximate surface area is 190 Å². The maximum atomic E-state index is 12.6. The minimum atomic E-state index is -3.22. The van der Waals surface area contributed by atoms with Gasteiger partial charge >= 0.3 is 0 Å². The number of amides is 2. The van der Waals surface area contributed by atoms with Crippen molar-refractivity contribution >= 4 is 33.2 Å². The molecule has 2 aliphatic rings. The van der Waals surface area contributed by atoms with Crippen molar-refractivity contribution < 1.29 is 22.7 Å². The first-order chi connectivity index (χ1) is 15.4. The standard InChI is InChI=1S/C22H34N4O5S/c1-2-3-16-32(29,30)26-10-8-18(9-11-26)22(28)24-20-6-4-19(5-7-20)23-21(27)17-25-12-14-31-15-13-25/h4-7,18H,2-3,8-17H2,1H3,(H,23,27)(H,24,28). The summed E-state index contributed by atoms with van der Waals surface area (Å²) in [5.74, 6) is -0.208. The normalized spacial score (nSPS) is 18.9. The van der Waals surface area contributed by atoms with Crippen LogP contribution in [0.4, 0.5) is 11.4 Å². The summed E-state index contributed by atoms with van der Waals surface area (Å²) in [6.45, 7) is 5.87. The lowest BCUT2D eigenvalue weighted by atomic mass is 9.97. The second-order valence-electron chi connectivity index (χ2n) is 8.35. The van der Waals surface area contributed by atoms with Gasteiger partial charge in [-0.25, -0.2) is 12.7 Å². The monoisotopic (exact) mass is 466 g/mol. The molecule has 2 saturated heterocycles. The number of carbonyl (C=O) groups is 2. The van der Waals surface area contributed by atoms with E-state index in [0.29, 0.717) is 63.5 Å². The van der Waals surface area contributed by atoms with Crippen LogP contribution in [0.1, 0.15) is 32.6 Å². The van der Waals surface area contributed by atoms with Gasteiger partial charge in [0.2, 0.25) is 21.8 Å². The number of nitrogens with zero attached hydrogens (tertiary/aromatic N) is 2. The van der Waals surface area contributed by atoms with Gasteiger partial charge in [0, 0.05) is 43.5 Å². The van der Waals surface area contributed by atoms with E-state index in [9.17, 15) is 18.0 Å². The zero-order valence-electron chi connectivity index (χ0n) is 18.7. The van der Waals surface area contributed by atoms with Gasteiger partial charge in [0.1, 0.15) is 0 Å². The maximum absolute atomic E-state index is 12.6. The van der Waals surface area contributed by atoms with Gasteiger partial charge in [-0.15, -0.1) is 0 Å². The van der Waals surface area contributed by atoms with Crippen LogP contribution < -0.4 is 10.6 Å². The fourth-order valence-electron chi connectivity index (χ4n) is 3.90. The summed E-state index contributed by atoms with van der Waals surface area (Å²) in [6.07, 6.45) is 2.54. The van der Waals surface area contributed by atoms with Crippen LogP contribution in [0.5, 0.6) is 0 Å². The van der Waals surface area contributed by atoms with E-state index in [1.54, 1.807) is 24.3 Å². The maximum Gasteiger partial charge on any atom is 0.238 e. The van der Waals surface area contributed by atoms with Gasteiger partial charge in [-0.2, -0.15) is 0 Å². The van der Waals surface area contributed by atoms with E-state index in [4.69, 9.17) is 4.74 Å². The molecule has 3 rings (SSSR count). The first kappa shape index (κ1) is 24.6. The molecule has 9 nitrogen and oxygen atoms in total. The van der Waals surface area contributed by atoms with Crippen molar-refractivity contribution in [2.75, 3.05) is 62.3 Å². The average molecular weight is 467 g/mol. The van der Waals surface area contributed by atoms with Crippen LogP contribution in [0.25, 0.3) is 0 Å². The molecule has 0 bridgehead atoms. The van der Waals surface area contributed by atoms with Gasteiger partial charge in [0.05, 0.1) is 25.5 Å². The van der Waals surface area contributed by atoms with Crippen LogP contribution in [0.15, 0.2) is 24.3 Å². The third kappa shape index (κ3) is 7.26. The van der Waals surface area contributed by atoms with Crippen molar-refractivity contribution in [3.8, 4) is 0 Å². The highest BCUT2D eigenvalue weighted by atomic mass is 32.2. The van der Waals surface area contributed by atoms with E-state index in [0.717, 1.165) is 19.5 Å². The molecule has 2 heterocycles. The summed E-state index contributed by atoms with van der Waals surface area (Å²) >= 11 is 0.